The summed E-state index contributed by atoms with van der Waals surface area (Å²) in [4.78, 5) is 10.6. The molecule has 92 valence electrons. The number of nitrogens with zero attached hydrogens (tertiary/aromatic N) is 1. The molecule has 0 aliphatic heterocycles. The quantitative estimate of drug-likeness (QED) is 0.740. The standard InChI is InChI=1S/C12H15NO3S/c1-13(10-14)17(15,16)12(7-8-12)9-11-5-3-2-4-6-11/h2-6,10H,7-9H2,1H3. The summed E-state index contributed by atoms with van der Waals surface area (Å²) in [6.07, 6.45) is 2.10. The van der Waals surface area contributed by atoms with Crippen molar-refractivity contribution in [2.24, 2.45) is 0 Å². The van der Waals surface area contributed by atoms with Crippen LogP contribution in [0.1, 0.15) is 18.4 Å². The Labute approximate surface area is 101 Å². The van der Waals surface area contributed by atoms with Gasteiger partial charge in [0.2, 0.25) is 16.4 Å². The van der Waals surface area contributed by atoms with Crippen molar-refractivity contribution in [3.05, 3.63) is 35.9 Å². The van der Waals surface area contributed by atoms with Crippen LogP contribution in [0.4, 0.5) is 0 Å². The Morgan fingerprint density at radius 2 is 1.88 bits per heavy atom. The number of hydrogen-bond acceptors (Lipinski definition) is 3. The van der Waals surface area contributed by atoms with E-state index in [0.29, 0.717) is 25.7 Å². The molecule has 2 rings (SSSR count). The van der Waals surface area contributed by atoms with Crippen LogP contribution in [0, 0.1) is 0 Å². The second-order valence-corrected chi connectivity index (χ2v) is 6.86. The third-order valence-corrected chi connectivity index (χ3v) is 5.74. The molecule has 0 saturated heterocycles. The summed E-state index contributed by atoms with van der Waals surface area (Å²) in [6, 6.07) is 9.51. The minimum absolute atomic E-state index is 0.362. The monoisotopic (exact) mass is 253 g/mol. The third-order valence-electron chi connectivity index (χ3n) is 3.25. The molecule has 5 heteroatoms. The number of amides is 1. The van der Waals surface area contributed by atoms with Gasteiger partial charge in [-0.05, 0) is 24.8 Å². The van der Waals surface area contributed by atoms with E-state index in [-0.39, 0.29) is 0 Å². The van der Waals surface area contributed by atoms with Gasteiger partial charge in [0.1, 0.15) is 0 Å². The number of rotatable bonds is 5. The maximum Gasteiger partial charge on any atom is 0.242 e. The number of benzene rings is 1. The van der Waals surface area contributed by atoms with E-state index < -0.39 is 14.8 Å². The zero-order chi connectivity index (χ0) is 12.5. The first-order valence-corrected chi connectivity index (χ1v) is 6.93. The fraction of sp³-hybridized carbons (Fsp3) is 0.417. The molecule has 1 aliphatic carbocycles. The van der Waals surface area contributed by atoms with Crippen LogP contribution in [0.3, 0.4) is 0 Å². The zero-order valence-corrected chi connectivity index (χ0v) is 10.5. The molecule has 1 saturated carbocycles. The van der Waals surface area contributed by atoms with Crippen molar-refractivity contribution in [3.63, 3.8) is 0 Å². The van der Waals surface area contributed by atoms with Gasteiger partial charge >= 0.3 is 0 Å². The molecule has 0 N–H and O–H groups in total. The first-order chi connectivity index (χ1) is 8.02. The molecule has 0 radical (unpaired) electrons. The number of hydrogen-bond donors (Lipinski definition) is 0. The Kier molecular flexibility index (Phi) is 2.95. The molecule has 4 nitrogen and oxygen atoms in total. The van der Waals surface area contributed by atoms with Gasteiger partial charge < -0.3 is 0 Å². The Morgan fingerprint density at radius 1 is 1.29 bits per heavy atom. The van der Waals surface area contributed by atoms with Crippen LogP contribution in [0.25, 0.3) is 0 Å². The van der Waals surface area contributed by atoms with E-state index in [1.165, 1.54) is 7.05 Å². The van der Waals surface area contributed by atoms with Crippen molar-refractivity contribution in [1.82, 2.24) is 4.31 Å². The molecule has 1 fully saturated rings. The average molecular weight is 253 g/mol. The highest BCUT2D eigenvalue weighted by Crippen LogP contribution is 2.47. The fourth-order valence-electron chi connectivity index (χ4n) is 2.00. The minimum Gasteiger partial charge on any atom is -0.278 e. The van der Waals surface area contributed by atoms with E-state index in [2.05, 4.69) is 0 Å². The van der Waals surface area contributed by atoms with Crippen molar-refractivity contribution in [2.45, 2.75) is 24.0 Å². The molecular weight excluding hydrogens is 238 g/mol. The molecule has 1 aromatic rings. The topological polar surface area (TPSA) is 54.5 Å². The first-order valence-electron chi connectivity index (χ1n) is 5.49. The molecular formula is C12H15NO3S. The fourth-order valence-corrected chi connectivity index (χ4v) is 3.69. The second-order valence-electron chi connectivity index (χ2n) is 4.47. The maximum atomic E-state index is 12.1. The number of carbonyl (C=O) groups excluding carboxylic acids is 1. The van der Waals surface area contributed by atoms with E-state index in [9.17, 15) is 13.2 Å². The summed E-state index contributed by atoms with van der Waals surface area (Å²) in [5, 5.41) is 0. The lowest BCUT2D eigenvalue weighted by atomic mass is 10.1. The highest BCUT2D eigenvalue weighted by atomic mass is 32.2. The summed E-state index contributed by atoms with van der Waals surface area (Å²) in [5.41, 5.74) is 0.993. The maximum absolute atomic E-state index is 12.1. The lowest BCUT2D eigenvalue weighted by Crippen LogP contribution is -2.38. The van der Waals surface area contributed by atoms with Crippen LogP contribution in [0.15, 0.2) is 30.3 Å². The van der Waals surface area contributed by atoms with E-state index in [0.717, 1.165) is 9.87 Å². The summed E-state index contributed by atoms with van der Waals surface area (Å²) in [5.74, 6) is 0. The van der Waals surface area contributed by atoms with Crippen molar-refractivity contribution >= 4 is 16.4 Å². The average Bonchev–Trinajstić information content (AvgIpc) is 3.10. The van der Waals surface area contributed by atoms with Crippen LogP contribution in [-0.2, 0) is 21.2 Å². The SMILES string of the molecule is CN(C=O)S(=O)(=O)C1(Cc2ccccc2)CC1. The second kappa shape index (κ2) is 4.14. The van der Waals surface area contributed by atoms with Gasteiger partial charge in [0.15, 0.2) is 0 Å². The molecule has 17 heavy (non-hydrogen) atoms. The first kappa shape index (κ1) is 12.1. The Hall–Kier alpha value is -1.36. The predicted octanol–water partition coefficient (Wildman–Crippen LogP) is 1.18. The van der Waals surface area contributed by atoms with Crippen LogP contribution >= 0.6 is 0 Å². The van der Waals surface area contributed by atoms with E-state index in [4.69, 9.17) is 0 Å². The smallest absolute Gasteiger partial charge is 0.242 e. The van der Waals surface area contributed by atoms with Gasteiger partial charge in [-0.15, -0.1) is 0 Å². The van der Waals surface area contributed by atoms with E-state index in [1.54, 1.807) is 0 Å². The molecule has 1 aromatic carbocycles. The van der Waals surface area contributed by atoms with Crippen LogP contribution < -0.4 is 0 Å². The molecule has 1 amide bonds. The number of sulfonamides is 1. The van der Waals surface area contributed by atoms with Gasteiger partial charge in [0.25, 0.3) is 0 Å². The Bertz CT molecular complexity index is 506. The largest absolute Gasteiger partial charge is 0.278 e. The highest BCUT2D eigenvalue weighted by Gasteiger charge is 2.55. The summed E-state index contributed by atoms with van der Waals surface area (Å²) < 4.78 is 24.3. The molecule has 0 atom stereocenters. The van der Waals surface area contributed by atoms with Gasteiger partial charge in [0.05, 0.1) is 4.75 Å². The summed E-state index contributed by atoms with van der Waals surface area (Å²) in [7, 11) is -2.21. The lowest BCUT2D eigenvalue weighted by molar-refractivity contribution is -0.113. The molecule has 0 bridgehead atoms. The van der Waals surface area contributed by atoms with Crippen LogP contribution in [-0.4, -0.2) is 30.9 Å². The van der Waals surface area contributed by atoms with Gasteiger partial charge in [-0.3, -0.25) is 4.79 Å². The summed E-state index contributed by atoms with van der Waals surface area (Å²) >= 11 is 0. The van der Waals surface area contributed by atoms with E-state index in [1.807, 2.05) is 30.3 Å². The highest BCUT2D eigenvalue weighted by molar-refractivity contribution is 7.91. The molecule has 0 heterocycles. The van der Waals surface area contributed by atoms with Crippen molar-refractivity contribution in [1.29, 1.82) is 0 Å². The van der Waals surface area contributed by atoms with Crippen LogP contribution in [0.2, 0.25) is 0 Å². The van der Waals surface area contributed by atoms with Crippen molar-refractivity contribution < 1.29 is 13.2 Å². The molecule has 0 unspecified atom stereocenters. The van der Waals surface area contributed by atoms with Crippen molar-refractivity contribution in [3.8, 4) is 0 Å². The number of carbonyl (C=O) groups is 1. The minimum atomic E-state index is -3.51. The summed E-state index contributed by atoms with van der Waals surface area (Å²) in [6.45, 7) is 0. The van der Waals surface area contributed by atoms with Gasteiger partial charge in [0, 0.05) is 7.05 Å². The molecule has 0 spiro atoms. The van der Waals surface area contributed by atoms with Crippen LogP contribution in [0.5, 0.6) is 0 Å². The van der Waals surface area contributed by atoms with Gasteiger partial charge in [-0.1, -0.05) is 30.3 Å². The zero-order valence-electron chi connectivity index (χ0n) is 9.67. The molecule has 1 aliphatic rings. The Balaban J connectivity index is 2.24. The van der Waals surface area contributed by atoms with Crippen molar-refractivity contribution in [2.75, 3.05) is 7.05 Å². The third kappa shape index (κ3) is 2.07. The molecule has 0 aromatic heterocycles. The lowest BCUT2D eigenvalue weighted by Gasteiger charge is -2.21. The normalized spacial score (nSPS) is 17.5. The van der Waals surface area contributed by atoms with Gasteiger partial charge in [-0.2, -0.15) is 0 Å². The predicted molar refractivity (Wildman–Crippen MR) is 64.9 cm³/mol. The Morgan fingerprint density at radius 3 is 2.35 bits per heavy atom. The van der Waals surface area contributed by atoms with Gasteiger partial charge in [-0.25, -0.2) is 12.7 Å². The van der Waals surface area contributed by atoms with E-state index >= 15 is 0 Å².